The van der Waals surface area contributed by atoms with E-state index in [4.69, 9.17) is 32.3 Å². The molecule has 0 bridgehead atoms. The summed E-state index contributed by atoms with van der Waals surface area (Å²) < 4.78 is 225. The summed E-state index contributed by atoms with van der Waals surface area (Å²) in [7, 11) is -34.5. The van der Waals surface area contributed by atoms with Crippen LogP contribution in [0.2, 0.25) is 0 Å². The van der Waals surface area contributed by atoms with Gasteiger partial charge in [0.05, 0.1) is 75.0 Å². The van der Waals surface area contributed by atoms with E-state index in [0.29, 0.717) is 31.2 Å². The summed E-state index contributed by atoms with van der Waals surface area (Å²) in [5.41, 5.74) is 4.86. The average molecular weight is 1990 g/mol. The van der Waals surface area contributed by atoms with E-state index in [0.717, 1.165) is 27.8 Å². The number of carbonyl (C=O) groups is 2. The third-order valence-electron chi connectivity index (χ3n) is 15.3. The molecule has 6 rings (SSSR count). The summed E-state index contributed by atoms with van der Waals surface area (Å²) in [5.74, 6) is -4.30. The number of hydrogen-bond donors (Lipinski definition) is 3. The minimum absolute atomic E-state index is 0. The van der Waals surface area contributed by atoms with Crippen LogP contribution in [-0.4, -0.2) is 172 Å². The Hall–Kier alpha value is 3.63. The Bertz CT molecular complexity index is 4240. The molecule has 25 nitrogen and oxygen atoms in total. The van der Waals surface area contributed by atoms with Crippen LogP contribution < -0.4 is 232 Å². The van der Waals surface area contributed by atoms with Gasteiger partial charge < -0.3 is 40.1 Å². The van der Waals surface area contributed by atoms with Crippen molar-refractivity contribution in [2.45, 2.75) is 66.4 Å². The molecule has 0 amide bonds. The third kappa shape index (κ3) is 37.6. The Morgan fingerprint density at radius 2 is 0.621 bits per heavy atom. The van der Waals surface area contributed by atoms with Crippen molar-refractivity contribution in [1.29, 1.82) is 0 Å². The first-order valence-corrected chi connectivity index (χ1v) is 51.9. The molecular weight excluding hydrogens is 1910 g/mol. The SMILES string of the molecule is Cc1c(CCl)c(C)c(C(=O)P(=O)(c2ccccc2)c2ccccc2)c(C)c1CCl.Cc1c(CN(CCS(=O)(=O)[O-])CCS(=O)(=O)[O-])c(C)c(C(=O)P(=O)(c2ccccc2)c2ccccc2)c(C)c1CN(CCS(=O)(=O)[O-])CCS(=O)(=O)[O-].O=S(=O)(O)CCNCCS(=O)(=O)O.[CH3-].[I][V][I].[K+].[K+].[K+].[K+]. The second kappa shape index (κ2) is 51.6. The first-order chi connectivity index (χ1) is 45.3. The zero-order valence-electron chi connectivity index (χ0n) is 58.6. The second-order valence-corrected chi connectivity index (χ2v) is 48.7. The fourth-order valence-electron chi connectivity index (χ4n) is 10.3. The fourth-order valence-corrected chi connectivity index (χ4v) is 19.0. The van der Waals surface area contributed by atoms with Crippen LogP contribution in [0.25, 0.3) is 0 Å². The van der Waals surface area contributed by atoms with Crippen molar-refractivity contribution in [2.75, 3.05) is 73.8 Å². The summed E-state index contributed by atoms with van der Waals surface area (Å²) in [6, 6.07) is 33.8. The van der Waals surface area contributed by atoms with Gasteiger partial charge >= 0.3 is 255 Å². The molecule has 0 saturated carbocycles. The Balaban J connectivity index is -0.00000167. The van der Waals surface area contributed by atoms with Gasteiger partial charge in [0.1, 0.15) is 0 Å². The van der Waals surface area contributed by atoms with Crippen LogP contribution >= 0.6 is 77.4 Å². The molecule has 103 heavy (non-hydrogen) atoms. The number of hydrogen-bond acceptors (Lipinski definition) is 23. The largest absolute Gasteiger partial charge is 1.00 e. The molecule has 0 aliphatic rings. The van der Waals surface area contributed by atoms with Gasteiger partial charge in [0.25, 0.3) is 20.2 Å². The zero-order valence-corrected chi connectivity index (χ0v) is 85.0. The molecule has 0 aromatic heterocycles. The summed E-state index contributed by atoms with van der Waals surface area (Å²) in [6.07, 6.45) is 0. The number of nitrogens with zero attached hydrogens (tertiary/aromatic N) is 2. The molecule has 0 heterocycles. The molecule has 0 aliphatic carbocycles. The van der Waals surface area contributed by atoms with E-state index >= 15 is 4.57 Å². The van der Waals surface area contributed by atoms with Crippen LogP contribution in [0.5, 0.6) is 0 Å². The molecule has 0 fully saturated rings. The van der Waals surface area contributed by atoms with Gasteiger partial charge in [0.2, 0.25) is 25.3 Å². The molecule has 551 valence electrons. The van der Waals surface area contributed by atoms with Crippen LogP contribution in [0, 0.1) is 49.0 Å². The predicted molar refractivity (Wildman–Crippen MR) is 398 cm³/mol. The summed E-state index contributed by atoms with van der Waals surface area (Å²) >= 11 is 17.2. The van der Waals surface area contributed by atoms with Gasteiger partial charge in [-0.25, -0.2) is 33.7 Å². The number of alkyl halides is 2. The van der Waals surface area contributed by atoms with E-state index in [1.807, 2.05) is 32.9 Å². The molecule has 0 radical (unpaired) electrons. The number of benzene rings is 6. The Morgan fingerprint density at radius 3 is 0.816 bits per heavy atom. The smallest absolute Gasteiger partial charge is 1.00 e. The van der Waals surface area contributed by atoms with Crippen molar-refractivity contribution in [3.8, 4) is 0 Å². The monoisotopic (exact) mass is 1990 g/mol. The minimum Gasteiger partial charge on any atom is 1.00 e. The summed E-state index contributed by atoms with van der Waals surface area (Å²) in [6.45, 7) is 7.46. The van der Waals surface area contributed by atoms with Gasteiger partial charge in [-0.05, 0) is 97.2 Å². The Morgan fingerprint density at radius 1 is 0.417 bits per heavy atom. The summed E-state index contributed by atoms with van der Waals surface area (Å²) in [4.78, 5) is 31.4. The number of carbonyl (C=O) groups excluding carboxylic acids is 2. The molecule has 0 saturated heterocycles. The summed E-state index contributed by atoms with van der Waals surface area (Å²) in [5, 5.41) is 3.84. The van der Waals surface area contributed by atoms with Gasteiger partial charge in [-0.15, -0.1) is 23.2 Å². The van der Waals surface area contributed by atoms with Gasteiger partial charge in [-0.2, -0.15) is 16.8 Å². The number of halogens is 4. The van der Waals surface area contributed by atoms with E-state index in [9.17, 15) is 82.9 Å². The molecule has 3 N–H and O–H groups in total. The van der Waals surface area contributed by atoms with E-state index in [1.54, 1.807) is 91.9 Å². The van der Waals surface area contributed by atoms with Crippen LogP contribution in [0.1, 0.15) is 76.4 Å². The van der Waals surface area contributed by atoms with Crippen molar-refractivity contribution in [2.24, 2.45) is 0 Å². The van der Waals surface area contributed by atoms with Crippen LogP contribution in [0.3, 0.4) is 0 Å². The predicted octanol–water partition coefficient (Wildman–Crippen LogP) is -4.62. The van der Waals surface area contributed by atoms with Crippen LogP contribution in [0.4, 0.5) is 0 Å². The zero-order chi connectivity index (χ0) is 74.4. The maximum absolute atomic E-state index is 15.2. The quantitative estimate of drug-likeness (QED) is 0.00680. The average Bonchev–Trinajstić information content (AvgIpc) is 0.749. The maximum Gasteiger partial charge on any atom is 1.00 e. The van der Waals surface area contributed by atoms with Crippen molar-refractivity contribution in [3.05, 3.63) is 196 Å². The molecule has 0 unspecified atom stereocenters. The van der Waals surface area contributed by atoms with Crippen molar-refractivity contribution in [3.63, 3.8) is 0 Å². The van der Waals surface area contributed by atoms with Crippen LogP contribution in [-0.2, 0) is 104 Å². The van der Waals surface area contributed by atoms with Gasteiger partial charge in [-0.1, -0.05) is 121 Å². The van der Waals surface area contributed by atoms with Crippen molar-refractivity contribution < 1.29 is 312 Å². The van der Waals surface area contributed by atoms with E-state index in [2.05, 4.69) is 45.3 Å². The molecule has 6 aromatic rings. The number of nitrogens with one attached hydrogen (secondary N) is 1. The standard InChI is InChI=1S/C32H43N2O14PS4.C24H23Cl2O2P.C4H11NO6S2.CH3.2HI.4K.V/c1-24-29(22-33(14-18-50(37,38)39)15-19-51(40,41)42)25(2)31(26(3)30(24)23-34(16-20-52(43,44)45)17-21-53(46,47)48)32(35)49(36,27-10-6-4-7-11-27)28-12-8-5-9-13-28;1-16-21(14-25)17(2)23(18(3)22(16)15-26)24(27)29(28,19-10-6-4-7-11-19)20-12-8-5-9-13-20;6-12(7,8)3-1-5-2-4-13(9,10)11;;;;;;;;/h4-13H,14-23H2,1-3H3,(H,37,38,39)(H,40,41,42)(H,43,44,45)(H,46,47,48);4-13H,14-15H2,1-3H3;5H,1-4H2,(H,6,7,8)(H,9,10,11);1H3;2*1H;;;;;/q;;;-1;;;4*+1;+2/p-6. The minimum atomic E-state index is -4.82. The molecule has 0 aliphatic heterocycles. The molecule has 0 atom stereocenters. The molecular formula is C61H76Cl2I2K4N3O22P2S6V-. The third-order valence-corrected chi connectivity index (χ3v) is 25.7. The first kappa shape index (κ1) is 111. The van der Waals surface area contributed by atoms with Gasteiger partial charge in [-0.3, -0.25) is 28.5 Å². The van der Waals surface area contributed by atoms with Crippen molar-refractivity contribution in [1.82, 2.24) is 15.1 Å². The van der Waals surface area contributed by atoms with E-state index in [-0.39, 0.29) is 295 Å². The Labute approximate surface area is 816 Å². The Kier molecular flexibility index (Phi) is 55.6. The van der Waals surface area contributed by atoms with Crippen molar-refractivity contribution >= 4 is 170 Å². The molecule has 42 heteroatoms. The maximum atomic E-state index is 15.2. The van der Waals surface area contributed by atoms with Crippen LogP contribution in [0.15, 0.2) is 121 Å². The molecule has 0 spiro atoms. The fraction of sp³-hybridized carbons (Fsp3) is 0.361. The number of rotatable bonds is 32. The topological polar surface area (TPSA) is 424 Å². The second-order valence-electron chi connectivity index (χ2n) is 21.8. The van der Waals surface area contributed by atoms with Gasteiger partial charge in [0.15, 0.2) is 0 Å². The van der Waals surface area contributed by atoms with E-state index in [1.165, 1.54) is 47.9 Å². The molecule has 6 aromatic carbocycles. The van der Waals surface area contributed by atoms with E-state index < -0.39 is 141 Å². The normalized spacial score (nSPS) is 11.8. The van der Waals surface area contributed by atoms with Gasteiger partial charge in [0, 0.05) is 96.5 Å². The first-order valence-electron chi connectivity index (χ1n) is 28.9.